The van der Waals surface area contributed by atoms with E-state index in [0.717, 1.165) is 27.7 Å². The predicted octanol–water partition coefficient (Wildman–Crippen LogP) is 4.13. The summed E-state index contributed by atoms with van der Waals surface area (Å²) in [5, 5.41) is 1.45. The molecule has 3 rings (SSSR count). The maximum atomic E-state index is 12.8. The van der Waals surface area contributed by atoms with Gasteiger partial charge in [-0.15, -0.1) is 11.3 Å². The van der Waals surface area contributed by atoms with Gasteiger partial charge in [0.05, 0.1) is 11.9 Å². The second-order valence-corrected chi connectivity index (χ2v) is 7.39. The number of hydrogen-bond donors (Lipinski definition) is 0. The van der Waals surface area contributed by atoms with Gasteiger partial charge in [0.1, 0.15) is 17.2 Å². The Morgan fingerprint density at radius 3 is 2.88 bits per heavy atom. The van der Waals surface area contributed by atoms with Gasteiger partial charge in [-0.1, -0.05) is 30.8 Å². The maximum absolute atomic E-state index is 12.8. The monoisotopic (exact) mass is 360 g/mol. The van der Waals surface area contributed by atoms with E-state index in [1.165, 1.54) is 16.6 Å². The molecule has 2 heterocycles. The highest BCUT2D eigenvalue weighted by molar-refractivity contribution is 7.98. The van der Waals surface area contributed by atoms with Crippen LogP contribution in [-0.4, -0.2) is 22.4 Å². The van der Waals surface area contributed by atoms with Gasteiger partial charge in [-0.05, 0) is 43.4 Å². The second kappa shape index (κ2) is 7.40. The minimum Gasteiger partial charge on any atom is -0.492 e. The van der Waals surface area contributed by atoms with Crippen LogP contribution in [-0.2, 0) is 13.0 Å². The topological polar surface area (TPSA) is 44.1 Å². The number of thiophene rings is 1. The summed E-state index contributed by atoms with van der Waals surface area (Å²) in [6, 6.07) is 9.89. The fourth-order valence-electron chi connectivity index (χ4n) is 2.53. The molecule has 0 aliphatic carbocycles. The van der Waals surface area contributed by atoms with E-state index in [-0.39, 0.29) is 5.56 Å². The van der Waals surface area contributed by atoms with E-state index in [1.807, 2.05) is 43.5 Å². The Balaban J connectivity index is 1.85. The quantitative estimate of drug-likeness (QED) is 0.490. The van der Waals surface area contributed by atoms with Gasteiger partial charge in [-0.2, -0.15) is 0 Å². The van der Waals surface area contributed by atoms with Crippen LogP contribution in [0.1, 0.15) is 17.4 Å². The summed E-state index contributed by atoms with van der Waals surface area (Å²) in [5.74, 6) is 0.826. The molecule has 24 heavy (non-hydrogen) atoms. The van der Waals surface area contributed by atoms with Crippen LogP contribution >= 0.6 is 23.1 Å². The second-order valence-electron chi connectivity index (χ2n) is 5.51. The summed E-state index contributed by atoms with van der Waals surface area (Å²) >= 11 is 3.10. The van der Waals surface area contributed by atoms with Gasteiger partial charge in [0.25, 0.3) is 5.56 Å². The maximum Gasteiger partial charge on any atom is 0.263 e. The fraction of sp³-hybridized carbons (Fsp3) is 0.333. The molecule has 126 valence electrons. The van der Waals surface area contributed by atoms with Gasteiger partial charge in [-0.3, -0.25) is 9.36 Å². The first-order chi connectivity index (χ1) is 11.6. The highest BCUT2D eigenvalue weighted by atomic mass is 32.2. The van der Waals surface area contributed by atoms with Gasteiger partial charge in [0, 0.05) is 4.88 Å². The predicted molar refractivity (Wildman–Crippen MR) is 102 cm³/mol. The lowest BCUT2D eigenvalue weighted by atomic mass is 10.2. The molecule has 0 saturated heterocycles. The first-order valence-corrected chi connectivity index (χ1v) is 9.93. The lowest BCUT2D eigenvalue weighted by Gasteiger charge is -2.11. The number of benzene rings is 1. The van der Waals surface area contributed by atoms with Crippen molar-refractivity contribution in [2.45, 2.75) is 32.0 Å². The van der Waals surface area contributed by atoms with Crippen molar-refractivity contribution >= 4 is 33.3 Å². The van der Waals surface area contributed by atoms with Crippen LogP contribution < -0.4 is 10.3 Å². The molecular formula is C18H20N2O2S2. The molecular weight excluding hydrogens is 340 g/mol. The van der Waals surface area contributed by atoms with Crippen LogP contribution in [0.5, 0.6) is 5.75 Å². The largest absolute Gasteiger partial charge is 0.492 e. The van der Waals surface area contributed by atoms with Gasteiger partial charge in [-0.25, -0.2) is 4.98 Å². The van der Waals surface area contributed by atoms with Gasteiger partial charge in [0.2, 0.25) is 0 Å². The van der Waals surface area contributed by atoms with Gasteiger partial charge in [0.15, 0.2) is 5.16 Å². The van der Waals surface area contributed by atoms with Crippen LogP contribution in [0.2, 0.25) is 0 Å². The first kappa shape index (κ1) is 17.0. The van der Waals surface area contributed by atoms with E-state index < -0.39 is 0 Å². The summed E-state index contributed by atoms with van der Waals surface area (Å²) in [4.78, 5) is 19.5. The normalized spacial score (nSPS) is 11.1. The Kier molecular flexibility index (Phi) is 5.26. The van der Waals surface area contributed by atoms with Crippen molar-refractivity contribution in [2.24, 2.45) is 0 Å². The smallest absolute Gasteiger partial charge is 0.263 e. The molecule has 0 spiro atoms. The zero-order valence-electron chi connectivity index (χ0n) is 14.0. The molecule has 0 unspecified atom stereocenters. The third-order valence-corrected chi connectivity index (χ3v) is 5.62. The molecule has 0 radical (unpaired) electrons. The molecule has 0 aliphatic heterocycles. The van der Waals surface area contributed by atoms with Crippen LogP contribution in [0.15, 0.2) is 40.3 Å². The van der Waals surface area contributed by atoms with Gasteiger partial charge < -0.3 is 4.74 Å². The van der Waals surface area contributed by atoms with Crippen molar-refractivity contribution in [3.05, 3.63) is 51.1 Å². The fourth-order valence-corrected chi connectivity index (χ4v) is 4.13. The van der Waals surface area contributed by atoms with Crippen molar-refractivity contribution in [3.63, 3.8) is 0 Å². The first-order valence-electron chi connectivity index (χ1n) is 7.89. The molecule has 0 saturated carbocycles. The van der Waals surface area contributed by atoms with Crippen molar-refractivity contribution in [3.8, 4) is 5.75 Å². The van der Waals surface area contributed by atoms with Crippen molar-refractivity contribution < 1.29 is 4.74 Å². The Bertz CT molecular complexity index is 915. The van der Waals surface area contributed by atoms with E-state index in [1.54, 1.807) is 15.9 Å². The third kappa shape index (κ3) is 3.49. The summed E-state index contributed by atoms with van der Waals surface area (Å²) < 4.78 is 7.51. The molecule has 0 aliphatic rings. The molecule has 0 atom stereocenters. The Morgan fingerprint density at radius 1 is 1.33 bits per heavy atom. The van der Waals surface area contributed by atoms with Crippen LogP contribution in [0.25, 0.3) is 10.2 Å². The highest BCUT2D eigenvalue weighted by Gasteiger charge is 2.13. The van der Waals surface area contributed by atoms with Crippen LogP contribution in [0, 0.1) is 6.92 Å². The van der Waals surface area contributed by atoms with Crippen molar-refractivity contribution in [1.82, 2.24) is 9.55 Å². The summed E-state index contributed by atoms with van der Waals surface area (Å²) in [7, 11) is 0. The number of hydrogen-bond acceptors (Lipinski definition) is 5. The number of rotatable bonds is 6. The van der Waals surface area contributed by atoms with E-state index in [9.17, 15) is 4.79 Å². The third-order valence-electron chi connectivity index (χ3n) is 3.77. The molecule has 3 aromatic rings. The molecule has 2 aromatic heterocycles. The van der Waals surface area contributed by atoms with E-state index >= 15 is 0 Å². The SMILES string of the molecule is CCc1cc2c(=O)n(CCOc3cccc(C)c3)c(SC)nc2s1. The van der Waals surface area contributed by atoms with Crippen molar-refractivity contribution in [1.29, 1.82) is 0 Å². The number of aryl methyl sites for hydroxylation is 2. The number of ether oxygens (including phenoxy) is 1. The zero-order chi connectivity index (χ0) is 17.1. The number of fused-ring (bicyclic) bond motifs is 1. The standard InChI is InChI=1S/C18H20N2O2S2/c1-4-14-11-15-16(24-14)19-18(23-3)20(17(15)21)8-9-22-13-7-5-6-12(2)10-13/h5-7,10-11H,4,8-9H2,1-3H3. The Labute approximate surface area is 149 Å². The average Bonchev–Trinajstić information content (AvgIpc) is 3.00. The molecule has 1 aromatic carbocycles. The minimum atomic E-state index is 0.0214. The summed E-state index contributed by atoms with van der Waals surface area (Å²) in [6.07, 6.45) is 2.87. The molecule has 6 heteroatoms. The average molecular weight is 361 g/mol. The molecule has 4 nitrogen and oxygen atoms in total. The van der Waals surface area contributed by atoms with Crippen LogP contribution in [0.3, 0.4) is 0 Å². The lowest BCUT2D eigenvalue weighted by Crippen LogP contribution is -2.25. The highest BCUT2D eigenvalue weighted by Crippen LogP contribution is 2.24. The summed E-state index contributed by atoms with van der Waals surface area (Å²) in [5.41, 5.74) is 1.18. The minimum absolute atomic E-state index is 0.0214. The van der Waals surface area contributed by atoms with E-state index in [2.05, 4.69) is 11.9 Å². The van der Waals surface area contributed by atoms with E-state index in [4.69, 9.17) is 4.74 Å². The van der Waals surface area contributed by atoms with Gasteiger partial charge >= 0.3 is 0 Å². The van der Waals surface area contributed by atoms with Crippen LogP contribution in [0.4, 0.5) is 0 Å². The molecule has 0 N–H and O–H groups in total. The Morgan fingerprint density at radius 2 is 2.17 bits per heavy atom. The molecule has 0 fully saturated rings. The van der Waals surface area contributed by atoms with Crippen molar-refractivity contribution in [2.75, 3.05) is 12.9 Å². The lowest BCUT2D eigenvalue weighted by molar-refractivity contribution is 0.290. The Hall–Kier alpha value is -1.79. The number of aromatic nitrogens is 2. The zero-order valence-corrected chi connectivity index (χ0v) is 15.7. The number of thioether (sulfide) groups is 1. The molecule has 0 amide bonds. The number of nitrogens with zero attached hydrogens (tertiary/aromatic N) is 2. The summed E-state index contributed by atoms with van der Waals surface area (Å²) in [6.45, 7) is 5.05. The van der Waals surface area contributed by atoms with E-state index in [0.29, 0.717) is 18.5 Å². The molecule has 0 bridgehead atoms.